The van der Waals surface area contributed by atoms with Gasteiger partial charge >= 0.3 is 12.1 Å². The number of carbonyl (C=O) groups excluding carboxylic acids is 3. The predicted molar refractivity (Wildman–Crippen MR) is 182 cm³/mol. The molecule has 3 aromatic carbocycles. The van der Waals surface area contributed by atoms with Crippen LogP contribution in [0.1, 0.15) is 62.4 Å². The van der Waals surface area contributed by atoms with Crippen molar-refractivity contribution in [1.82, 2.24) is 31.3 Å². The number of nitrogens with zero attached hydrogens (tertiary/aromatic N) is 3. The van der Waals surface area contributed by atoms with Gasteiger partial charge in [0.05, 0.1) is 5.56 Å². The molecule has 50 heavy (non-hydrogen) atoms. The summed E-state index contributed by atoms with van der Waals surface area (Å²) in [6, 6.07) is 17.0. The summed E-state index contributed by atoms with van der Waals surface area (Å²) in [4.78, 5) is 50.5. The zero-order chi connectivity index (χ0) is 35.8. The Morgan fingerprint density at radius 2 is 1.60 bits per heavy atom. The number of anilines is 1. The molecule has 4 aromatic rings. The highest BCUT2D eigenvalue weighted by molar-refractivity contribution is 5.98. The van der Waals surface area contributed by atoms with E-state index in [9.17, 15) is 23.6 Å². The van der Waals surface area contributed by atoms with Crippen molar-refractivity contribution in [2.24, 2.45) is 11.8 Å². The van der Waals surface area contributed by atoms with E-state index in [0.717, 1.165) is 18.4 Å². The van der Waals surface area contributed by atoms with Gasteiger partial charge in [-0.05, 0) is 111 Å². The lowest BCUT2D eigenvalue weighted by Crippen LogP contribution is -2.48. The van der Waals surface area contributed by atoms with E-state index in [1.54, 1.807) is 69.3 Å². The van der Waals surface area contributed by atoms with Crippen molar-refractivity contribution in [3.63, 3.8) is 0 Å². The van der Waals surface area contributed by atoms with Crippen LogP contribution < -0.4 is 16.0 Å². The zero-order valence-electron chi connectivity index (χ0n) is 28.0. The van der Waals surface area contributed by atoms with Crippen molar-refractivity contribution < 1.29 is 33.4 Å². The maximum Gasteiger partial charge on any atom is 0.407 e. The molecule has 0 bridgehead atoms. The van der Waals surface area contributed by atoms with Crippen molar-refractivity contribution in [3.05, 3.63) is 83.7 Å². The summed E-state index contributed by atoms with van der Waals surface area (Å²) in [5.41, 5.74) is 2.14. The summed E-state index contributed by atoms with van der Waals surface area (Å²) in [7, 11) is 0. The van der Waals surface area contributed by atoms with Gasteiger partial charge in [-0.2, -0.15) is 5.21 Å². The molecule has 5 N–H and O–H groups in total. The number of tetrazole rings is 1. The molecule has 0 aliphatic heterocycles. The van der Waals surface area contributed by atoms with Gasteiger partial charge in [-0.1, -0.05) is 30.3 Å². The van der Waals surface area contributed by atoms with Crippen LogP contribution in [-0.2, 0) is 20.7 Å². The van der Waals surface area contributed by atoms with Gasteiger partial charge in [-0.3, -0.25) is 9.59 Å². The van der Waals surface area contributed by atoms with E-state index < -0.39 is 41.0 Å². The number of aromatic nitrogens is 4. The summed E-state index contributed by atoms with van der Waals surface area (Å²) >= 11 is 0. The highest BCUT2D eigenvalue weighted by Gasteiger charge is 2.30. The van der Waals surface area contributed by atoms with Crippen LogP contribution in [0.25, 0.3) is 22.5 Å². The molecule has 1 fully saturated rings. The van der Waals surface area contributed by atoms with Crippen LogP contribution in [0.4, 0.5) is 14.9 Å². The van der Waals surface area contributed by atoms with Gasteiger partial charge in [-0.15, -0.1) is 10.2 Å². The third-order valence-corrected chi connectivity index (χ3v) is 8.47. The monoisotopic (exact) mass is 685 g/mol. The number of aromatic amines is 1. The molecule has 5 rings (SSSR count). The number of benzene rings is 3. The van der Waals surface area contributed by atoms with Gasteiger partial charge in [0.25, 0.3) is 0 Å². The molecule has 14 heteroatoms. The van der Waals surface area contributed by atoms with E-state index in [1.807, 2.05) is 0 Å². The molecule has 1 aliphatic rings. The van der Waals surface area contributed by atoms with Gasteiger partial charge in [0, 0.05) is 30.1 Å². The second-order valence-corrected chi connectivity index (χ2v) is 13.4. The van der Waals surface area contributed by atoms with Crippen LogP contribution in [0, 0.1) is 17.7 Å². The van der Waals surface area contributed by atoms with Crippen LogP contribution in [-0.4, -0.2) is 67.8 Å². The first-order chi connectivity index (χ1) is 23.8. The number of rotatable bonds is 11. The third kappa shape index (κ3) is 9.71. The van der Waals surface area contributed by atoms with Gasteiger partial charge in [0.2, 0.25) is 17.6 Å². The molecule has 3 amide bonds. The largest absolute Gasteiger partial charge is 0.478 e. The number of carboxylic acid groups (broad SMARTS) is 1. The molecule has 0 radical (unpaired) electrons. The molecule has 0 spiro atoms. The summed E-state index contributed by atoms with van der Waals surface area (Å²) in [6.07, 6.45) is 2.43. The lowest BCUT2D eigenvalue weighted by atomic mass is 9.81. The average Bonchev–Trinajstić information content (AvgIpc) is 3.62. The first-order valence-electron chi connectivity index (χ1n) is 16.4. The molecular formula is C36H40FN7O6. The van der Waals surface area contributed by atoms with Gasteiger partial charge in [-0.25, -0.2) is 14.0 Å². The van der Waals surface area contributed by atoms with Crippen LogP contribution in [0.2, 0.25) is 0 Å². The fourth-order valence-corrected chi connectivity index (χ4v) is 5.82. The molecule has 1 aliphatic carbocycles. The smallest absolute Gasteiger partial charge is 0.407 e. The molecule has 0 saturated heterocycles. The lowest BCUT2D eigenvalue weighted by Gasteiger charge is -2.29. The molecule has 1 aromatic heterocycles. The fourth-order valence-electron chi connectivity index (χ4n) is 5.82. The standard InChI is InChI=1S/C36H40FN7O6/c1-36(2,3)50-35(49)38-20-22-6-10-25(11-7-22)32(45)40-30(33(46)39-27-15-12-24(13-16-27)31-41-43-44-42-31)18-21-4-8-23(9-5-21)26-14-17-28(34(47)48)29(37)19-26/h4-5,8-9,12-17,19,22,25,30H,6-7,10-11,18,20H2,1-3H3,(H,38,49)(H,39,46)(H,40,45)(H,47,48)(H,41,42,43,44)/t22?,25?,30-/m0/s1. The first-order valence-corrected chi connectivity index (χ1v) is 16.4. The quantitative estimate of drug-likeness (QED) is 0.138. The van der Waals surface area contributed by atoms with Crippen molar-refractivity contribution in [2.45, 2.75) is 64.5 Å². The van der Waals surface area contributed by atoms with E-state index >= 15 is 0 Å². The Morgan fingerprint density at radius 1 is 0.940 bits per heavy atom. The van der Waals surface area contributed by atoms with E-state index in [2.05, 4.69) is 36.6 Å². The van der Waals surface area contributed by atoms with Gasteiger partial charge in [0.1, 0.15) is 17.5 Å². The van der Waals surface area contributed by atoms with Gasteiger partial charge < -0.3 is 25.8 Å². The molecule has 1 atom stereocenters. The number of hydrogen-bond donors (Lipinski definition) is 5. The Bertz CT molecular complexity index is 1800. The minimum Gasteiger partial charge on any atom is -0.478 e. The Kier molecular flexibility index (Phi) is 11.2. The van der Waals surface area contributed by atoms with E-state index in [0.29, 0.717) is 47.6 Å². The Morgan fingerprint density at radius 3 is 2.20 bits per heavy atom. The molecular weight excluding hydrogens is 645 g/mol. The van der Waals surface area contributed by atoms with Crippen molar-refractivity contribution >= 4 is 29.6 Å². The average molecular weight is 686 g/mol. The van der Waals surface area contributed by atoms with Crippen LogP contribution in [0.5, 0.6) is 0 Å². The Labute approximate surface area is 288 Å². The maximum absolute atomic E-state index is 14.3. The fraction of sp³-hybridized carbons (Fsp3) is 0.361. The Balaban J connectivity index is 1.25. The minimum absolute atomic E-state index is 0.181. The lowest BCUT2D eigenvalue weighted by molar-refractivity contribution is -0.130. The molecule has 0 unspecified atom stereocenters. The SMILES string of the molecule is CC(C)(C)OC(=O)NCC1CCC(C(=O)N[C@@H](Cc2ccc(-c3ccc(C(=O)O)c(F)c3)cc2)C(=O)Nc2ccc(-c3nn[nH]n3)cc2)CC1. The number of ether oxygens (including phenoxy) is 1. The number of nitrogens with one attached hydrogen (secondary N) is 4. The van der Waals surface area contributed by atoms with E-state index in [-0.39, 0.29) is 24.2 Å². The number of carbonyl (C=O) groups is 4. The van der Waals surface area contributed by atoms with Crippen molar-refractivity contribution in [2.75, 3.05) is 11.9 Å². The normalized spacial score (nSPS) is 16.6. The molecule has 13 nitrogen and oxygen atoms in total. The number of H-pyrrole nitrogens is 1. The molecule has 262 valence electrons. The zero-order valence-corrected chi connectivity index (χ0v) is 28.0. The summed E-state index contributed by atoms with van der Waals surface area (Å²) in [5.74, 6) is -2.47. The topological polar surface area (TPSA) is 188 Å². The molecule has 1 saturated carbocycles. The second-order valence-electron chi connectivity index (χ2n) is 13.4. The van der Waals surface area contributed by atoms with Crippen LogP contribution in [0.15, 0.2) is 66.7 Å². The van der Waals surface area contributed by atoms with E-state index in [4.69, 9.17) is 9.84 Å². The number of hydrogen-bond acceptors (Lipinski definition) is 8. The second kappa shape index (κ2) is 15.7. The highest BCUT2D eigenvalue weighted by Crippen LogP contribution is 2.29. The van der Waals surface area contributed by atoms with Crippen LogP contribution >= 0.6 is 0 Å². The third-order valence-electron chi connectivity index (χ3n) is 8.47. The number of halogens is 1. The number of alkyl carbamates (subject to hydrolysis) is 1. The summed E-state index contributed by atoms with van der Waals surface area (Å²) in [5, 5.41) is 31.7. The van der Waals surface area contributed by atoms with E-state index in [1.165, 1.54) is 18.2 Å². The van der Waals surface area contributed by atoms with Crippen LogP contribution in [0.3, 0.4) is 0 Å². The number of carboxylic acids is 1. The minimum atomic E-state index is -1.35. The maximum atomic E-state index is 14.3. The van der Waals surface area contributed by atoms with Gasteiger partial charge in [0.15, 0.2) is 0 Å². The number of amides is 3. The molecule has 1 heterocycles. The number of aromatic carboxylic acids is 1. The van der Waals surface area contributed by atoms with Crippen molar-refractivity contribution in [1.29, 1.82) is 0 Å². The highest BCUT2D eigenvalue weighted by atomic mass is 19.1. The first kappa shape index (κ1) is 35.6. The summed E-state index contributed by atoms with van der Waals surface area (Å²) < 4.78 is 19.6. The predicted octanol–water partition coefficient (Wildman–Crippen LogP) is 5.37. The Hall–Kier alpha value is -5.66. The van der Waals surface area contributed by atoms with Crippen molar-refractivity contribution in [3.8, 4) is 22.5 Å². The summed E-state index contributed by atoms with van der Waals surface area (Å²) in [6.45, 7) is 5.88.